The van der Waals surface area contributed by atoms with E-state index in [1.165, 1.54) is 28.6 Å². The molecule has 1 heterocycles. The first-order valence-corrected chi connectivity index (χ1v) is 12.9. The average molecular weight is 521 g/mol. The number of nitrogens with zero attached hydrogens (tertiary/aromatic N) is 1. The van der Waals surface area contributed by atoms with Crippen molar-refractivity contribution in [3.05, 3.63) is 108 Å². The summed E-state index contributed by atoms with van der Waals surface area (Å²) in [6.45, 7) is -0.213. The van der Waals surface area contributed by atoms with Crippen LogP contribution < -0.4 is 19.1 Å². The van der Waals surface area contributed by atoms with Crippen LogP contribution in [0.1, 0.15) is 0 Å². The Morgan fingerprint density at radius 2 is 1.56 bits per heavy atom. The molecule has 1 aliphatic rings. The number of halogens is 1. The minimum absolute atomic E-state index is 0.0596. The van der Waals surface area contributed by atoms with Crippen molar-refractivity contribution in [2.24, 2.45) is 0 Å². The molecule has 1 aliphatic heterocycles. The van der Waals surface area contributed by atoms with E-state index < -0.39 is 22.0 Å². The normalized spacial score (nSPS) is 14.9. The van der Waals surface area contributed by atoms with E-state index in [4.69, 9.17) is 21.1 Å². The molecule has 0 fully saturated rings. The van der Waals surface area contributed by atoms with Crippen LogP contribution in [-0.4, -0.2) is 27.0 Å². The molecule has 4 aromatic rings. The Kier molecular flexibility index (Phi) is 6.54. The van der Waals surface area contributed by atoms with Gasteiger partial charge < -0.3 is 14.8 Å². The molecule has 0 bridgehead atoms. The van der Waals surface area contributed by atoms with Gasteiger partial charge in [0.05, 0.1) is 22.8 Å². The molecule has 9 heteroatoms. The molecule has 0 radical (unpaired) electrons. The summed E-state index contributed by atoms with van der Waals surface area (Å²) >= 11 is 5.94. The van der Waals surface area contributed by atoms with Crippen LogP contribution in [0.15, 0.2) is 108 Å². The molecule has 1 amide bonds. The van der Waals surface area contributed by atoms with Crippen LogP contribution in [0.2, 0.25) is 5.02 Å². The highest BCUT2D eigenvalue weighted by Gasteiger charge is 2.37. The van der Waals surface area contributed by atoms with Crippen LogP contribution in [-0.2, 0) is 14.8 Å². The molecule has 4 aromatic carbocycles. The Labute approximate surface area is 213 Å². The number of anilines is 2. The van der Waals surface area contributed by atoms with Gasteiger partial charge in [0.25, 0.3) is 15.9 Å². The van der Waals surface area contributed by atoms with Gasteiger partial charge in [-0.25, -0.2) is 8.42 Å². The second kappa shape index (κ2) is 9.93. The number of nitrogens with one attached hydrogen (secondary N) is 1. The van der Waals surface area contributed by atoms with E-state index in [1.807, 2.05) is 18.2 Å². The molecule has 0 aliphatic carbocycles. The van der Waals surface area contributed by atoms with Crippen LogP contribution in [0.25, 0.3) is 0 Å². The van der Waals surface area contributed by atoms with Gasteiger partial charge in [-0.2, -0.15) is 0 Å². The van der Waals surface area contributed by atoms with E-state index in [2.05, 4.69) is 5.32 Å². The first-order chi connectivity index (χ1) is 17.4. The number of amides is 1. The van der Waals surface area contributed by atoms with Crippen molar-refractivity contribution < 1.29 is 22.7 Å². The third-order valence-electron chi connectivity index (χ3n) is 5.54. The lowest BCUT2D eigenvalue weighted by atomic mass is 10.2. The first-order valence-electron chi connectivity index (χ1n) is 11.1. The molecular formula is C27H21ClN2O5S. The van der Waals surface area contributed by atoms with Crippen LogP contribution in [0, 0.1) is 0 Å². The molecule has 36 heavy (non-hydrogen) atoms. The molecule has 0 saturated heterocycles. The van der Waals surface area contributed by atoms with Gasteiger partial charge in [0, 0.05) is 5.02 Å². The van der Waals surface area contributed by atoms with Gasteiger partial charge in [-0.3, -0.25) is 9.10 Å². The Morgan fingerprint density at radius 1 is 0.889 bits per heavy atom. The van der Waals surface area contributed by atoms with E-state index in [0.29, 0.717) is 27.9 Å². The summed E-state index contributed by atoms with van der Waals surface area (Å²) < 4.78 is 40.1. The second-order valence-corrected chi connectivity index (χ2v) is 10.3. The molecule has 0 spiro atoms. The van der Waals surface area contributed by atoms with Gasteiger partial charge in [-0.1, -0.05) is 54.1 Å². The lowest BCUT2D eigenvalue weighted by Crippen LogP contribution is -2.48. The van der Waals surface area contributed by atoms with Crippen LogP contribution in [0.3, 0.4) is 0 Å². The van der Waals surface area contributed by atoms with Gasteiger partial charge in [0.1, 0.15) is 11.5 Å². The van der Waals surface area contributed by atoms with Crippen molar-refractivity contribution in [2.75, 3.05) is 16.2 Å². The number of para-hydroxylation sites is 5. The predicted molar refractivity (Wildman–Crippen MR) is 138 cm³/mol. The summed E-state index contributed by atoms with van der Waals surface area (Å²) in [7, 11) is -3.99. The van der Waals surface area contributed by atoms with Crippen molar-refractivity contribution in [1.29, 1.82) is 0 Å². The third kappa shape index (κ3) is 4.86. The summed E-state index contributed by atoms with van der Waals surface area (Å²) in [5.74, 6) is 0.835. The third-order valence-corrected chi connectivity index (χ3v) is 7.59. The van der Waals surface area contributed by atoms with Crippen molar-refractivity contribution in [2.45, 2.75) is 11.0 Å². The average Bonchev–Trinajstić information content (AvgIpc) is 2.90. The second-order valence-electron chi connectivity index (χ2n) is 7.96. The summed E-state index contributed by atoms with van der Waals surface area (Å²) in [5, 5.41) is 3.24. The van der Waals surface area contributed by atoms with E-state index in [1.54, 1.807) is 60.7 Å². The monoisotopic (exact) mass is 520 g/mol. The topological polar surface area (TPSA) is 84.9 Å². The van der Waals surface area contributed by atoms with Gasteiger partial charge in [0.15, 0.2) is 11.9 Å². The number of sulfonamides is 1. The number of benzene rings is 4. The standard InChI is InChI=1S/C27H21ClN2O5S/c28-19-14-16-21(17-15-19)36(32,33)30-18-26(35-25-13-7-5-11-23(25)30)27(31)29-22-10-4-6-12-24(22)34-20-8-2-1-3-9-20/h1-17,26H,18H2,(H,29,31)/t26-/m1/s1. The summed E-state index contributed by atoms with van der Waals surface area (Å²) in [6, 6.07) is 28.8. The zero-order valence-electron chi connectivity index (χ0n) is 18.9. The number of rotatable bonds is 6. The predicted octanol–water partition coefficient (Wildman–Crippen LogP) is 5.73. The minimum Gasteiger partial charge on any atom is -0.476 e. The maximum absolute atomic E-state index is 13.5. The molecule has 5 rings (SSSR count). The molecule has 1 atom stereocenters. The lowest BCUT2D eigenvalue weighted by molar-refractivity contribution is -0.122. The maximum atomic E-state index is 13.5. The largest absolute Gasteiger partial charge is 0.476 e. The van der Waals surface area contributed by atoms with Crippen LogP contribution in [0.4, 0.5) is 11.4 Å². The molecule has 1 N–H and O–H groups in total. The van der Waals surface area contributed by atoms with E-state index >= 15 is 0 Å². The van der Waals surface area contributed by atoms with Crippen LogP contribution in [0.5, 0.6) is 17.2 Å². The smallest absolute Gasteiger partial charge is 0.267 e. The van der Waals surface area contributed by atoms with Gasteiger partial charge in [-0.15, -0.1) is 0 Å². The first kappa shape index (κ1) is 23.7. The summed E-state index contributed by atoms with van der Waals surface area (Å²) in [6.07, 6.45) is -1.10. The molecule has 0 saturated carbocycles. The fourth-order valence-corrected chi connectivity index (χ4v) is 5.39. The highest BCUT2D eigenvalue weighted by molar-refractivity contribution is 7.92. The Hall–Kier alpha value is -4.01. The summed E-state index contributed by atoms with van der Waals surface area (Å²) in [4.78, 5) is 13.4. The minimum atomic E-state index is -3.99. The molecule has 7 nitrogen and oxygen atoms in total. The van der Waals surface area contributed by atoms with Crippen molar-refractivity contribution in [1.82, 2.24) is 0 Å². The number of carbonyl (C=O) groups excluding carboxylic acids is 1. The molecule has 182 valence electrons. The van der Waals surface area contributed by atoms with Crippen LogP contribution >= 0.6 is 11.6 Å². The van der Waals surface area contributed by atoms with Crippen molar-refractivity contribution in [3.63, 3.8) is 0 Å². The molecule has 0 unspecified atom stereocenters. The zero-order valence-corrected chi connectivity index (χ0v) is 20.4. The highest BCUT2D eigenvalue weighted by atomic mass is 35.5. The van der Waals surface area contributed by atoms with Crippen molar-refractivity contribution >= 4 is 38.9 Å². The quantitative estimate of drug-likeness (QED) is 0.351. The Balaban J connectivity index is 1.42. The fraction of sp³-hybridized carbons (Fsp3) is 0.0741. The number of hydrogen-bond donors (Lipinski definition) is 1. The lowest BCUT2D eigenvalue weighted by Gasteiger charge is -2.34. The maximum Gasteiger partial charge on any atom is 0.267 e. The Bertz CT molecular complexity index is 1490. The number of fused-ring (bicyclic) bond motifs is 1. The van der Waals surface area contributed by atoms with Gasteiger partial charge in [-0.05, 0) is 60.7 Å². The molecule has 0 aromatic heterocycles. The number of carbonyl (C=O) groups is 1. The van der Waals surface area contributed by atoms with E-state index in [0.717, 1.165) is 0 Å². The van der Waals surface area contributed by atoms with E-state index in [9.17, 15) is 13.2 Å². The van der Waals surface area contributed by atoms with Gasteiger partial charge >= 0.3 is 0 Å². The van der Waals surface area contributed by atoms with Gasteiger partial charge in [0.2, 0.25) is 0 Å². The SMILES string of the molecule is O=C(Nc1ccccc1Oc1ccccc1)[C@H]1CN(S(=O)(=O)c2ccc(Cl)cc2)c2ccccc2O1. The summed E-state index contributed by atoms with van der Waals surface area (Å²) in [5.41, 5.74) is 0.783. The Morgan fingerprint density at radius 3 is 2.33 bits per heavy atom. The highest BCUT2D eigenvalue weighted by Crippen LogP contribution is 2.37. The fourth-order valence-electron chi connectivity index (χ4n) is 3.79. The molecular weight excluding hydrogens is 500 g/mol. The number of ether oxygens (including phenoxy) is 2. The van der Waals surface area contributed by atoms with E-state index in [-0.39, 0.29) is 17.2 Å². The van der Waals surface area contributed by atoms with Crippen molar-refractivity contribution in [3.8, 4) is 17.2 Å². The zero-order chi connectivity index (χ0) is 25.1. The number of hydrogen-bond acceptors (Lipinski definition) is 5.